The molecule has 2 aromatic rings. The van der Waals surface area contributed by atoms with Crippen LogP contribution in [0.5, 0.6) is 0 Å². The largest absolute Gasteiger partial charge is 0.388 e. The molecule has 2 atom stereocenters. The Bertz CT molecular complexity index is 1190. The third-order valence-corrected chi connectivity index (χ3v) is 8.65. The number of halogens is 2. The van der Waals surface area contributed by atoms with Gasteiger partial charge in [0.2, 0.25) is 16.0 Å². The summed E-state index contributed by atoms with van der Waals surface area (Å²) in [6, 6.07) is 0.373. The average Bonchev–Trinajstić information content (AvgIpc) is 3.12. The summed E-state index contributed by atoms with van der Waals surface area (Å²) in [5.41, 5.74) is -2.51. The number of pyridine rings is 1. The standard InChI is InChI=1S/C21H29F2N5O4S/c1-3-33(31,32)27-9-6-14(7-10-27)25-20-24-12-13-11-15(17(22)23)19(29)28(18(13)26-20)16-5-4-8-21(16,2)30/h11-12,14,16-17,30H,3-10H2,1-2H3,(H,24,25,26)/t16-,21-/m1/s1. The van der Waals surface area contributed by atoms with Crippen molar-refractivity contribution >= 4 is 27.0 Å². The maximum Gasteiger partial charge on any atom is 0.269 e. The first-order valence-electron chi connectivity index (χ1n) is 11.2. The van der Waals surface area contributed by atoms with Gasteiger partial charge in [0.15, 0.2) is 0 Å². The molecule has 0 amide bonds. The molecular weight excluding hydrogens is 456 g/mol. The lowest BCUT2D eigenvalue weighted by molar-refractivity contribution is 0.0261. The van der Waals surface area contributed by atoms with Gasteiger partial charge >= 0.3 is 0 Å². The predicted molar refractivity (Wildman–Crippen MR) is 120 cm³/mol. The Labute approximate surface area is 190 Å². The van der Waals surface area contributed by atoms with Crippen molar-refractivity contribution in [2.75, 3.05) is 24.2 Å². The number of alkyl halides is 2. The Kier molecular flexibility index (Phi) is 6.45. The van der Waals surface area contributed by atoms with Crippen LogP contribution in [0.3, 0.4) is 0 Å². The molecule has 1 saturated heterocycles. The van der Waals surface area contributed by atoms with Crippen LogP contribution in [0.1, 0.15) is 64.0 Å². The predicted octanol–water partition coefficient (Wildman–Crippen LogP) is 2.43. The number of nitrogens with one attached hydrogen (secondary N) is 1. The number of aromatic nitrogens is 3. The van der Waals surface area contributed by atoms with Crippen LogP contribution in [-0.2, 0) is 10.0 Å². The van der Waals surface area contributed by atoms with E-state index in [-0.39, 0.29) is 23.4 Å². The van der Waals surface area contributed by atoms with Crippen molar-refractivity contribution in [1.29, 1.82) is 0 Å². The van der Waals surface area contributed by atoms with Crippen molar-refractivity contribution in [2.45, 2.75) is 70.1 Å². The average molecular weight is 486 g/mol. The molecule has 2 aliphatic rings. The fraction of sp³-hybridized carbons (Fsp3) is 0.667. The Balaban J connectivity index is 1.67. The van der Waals surface area contributed by atoms with Crippen molar-refractivity contribution < 1.29 is 22.3 Å². The summed E-state index contributed by atoms with van der Waals surface area (Å²) < 4.78 is 53.9. The van der Waals surface area contributed by atoms with E-state index in [4.69, 9.17) is 0 Å². The van der Waals surface area contributed by atoms with Gasteiger partial charge in [0.05, 0.1) is 23.0 Å². The van der Waals surface area contributed by atoms with E-state index in [1.165, 1.54) is 15.1 Å². The second kappa shape index (κ2) is 8.88. The summed E-state index contributed by atoms with van der Waals surface area (Å²) in [4.78, 5) is 21.7. The highest BCUT2D eigenvalue weighted by Crippen LogP contribution is 2.39. The zero-order valence-electron chi connectivity index (χ0n) is 18.7. The van der Waals surface area contributed by atoms with E-state index >= 15 is 0 Å². The molecule has 0 unspecified atom stereocenters. The lowest BCUT2D eigenvalue weighted by atomic mass is 9.99. The molecule has 0 spiro atoms. The molecular formula is C21H29F2N5O4S. The van der Waals surface area contributed by atoms with Gasteiger partial charge < -0.3 is 10.4 Å². The van der Waals surface area contributed by atoms with Crippen molar-refractivity contribution in [3.05, 3.63) is 28.2 Å². The van der Waals surface area contributed by atoms with Crippen LogP contribution >= 0.6 is 0 Å². The molecule has 12 heteroatoms. The summed E-state index contributed by atoms with van der Waals surface area (Å²) in [6.45, 7) is 3.99. The molecule has 1 saturated carbocycles. The van der Waals surface area contributed by atoms with Crippen LogP contribution in [0, 0.1) is 0 Å². The van der Waals surface area contributed by atoms with Crippen LogP contribution in [0.25, 0.3) is 11.0 Å². The first-order valence-corrected chi connectivity index (χ1v) is 12.8. The smallest absolute Gasteiger partial charge is 0.269 e. The van der Waals surface area contributed by atoms with Crippen molar-refractivity contribution in [2.24, 2.45) is 0 Å². The number of piperidine rings is 1. The van der Waals surface area contributed by atoms with E-state index in [0.717, 1.165) is 6.07 Å². The minimum atomic E-state index is -3.24. The van der Waals surface area contributed by atoms with Gasteiger partial charge in [0.25, 0.3) is 12.0 Å². The number of anilines is 1. The fourth-order valence-corrected chi connectivity index (χ4v) is 5.97. The topological polar surface area (TPSA) is 117 Å². The molecule has 9 nitrogen and oxygen atoms in total. The second-order valence-electron chi connectivity index (χ2n) is 9.03. The Morgan fingerprint density at radius 2 is 2.00 bits per heavy atom. The molecule has 0 bridgehead atoms. The van der Waals surface area contributed by atoms with Crippen molar-refractivity contribution in [3.8, 4) is 0 Å². The number of hydrogen-bond acceptors (Lipinski definition) is 7. The van der Waals surface area contributed by atoms with Crippen LogP contribution < -0.4 is 10.9 Å². The van der Waals surface area contributed by atoms with Crippen molar-refractivity contribution in [1.82, 2.24) is 18.8 Å². The lowest BCUT2D eigenvalue weighted by Gasteiger charge is -2.31. The zero-order valence-corrected chi connectivity index (χ0v) is 19.5. The van der Waals surface area contributed by atoms with E-state index in [2.05, 4.69) is 15.3 Å². The second-order valence-corrected chi connectivity index (χ2v) is 11.3. The number of aliphatic hydroxyl groups is 1. The van der Waals surface area contributed by atoms with Gasteiger partial charge in [-0.25, -0.2) is 26.5 Å². The summed E-state index contributed by atoms with van der Waals surface area (Å²) in [6.07, 6.45) is 1.17. The number of sulfonamides is 1. The van der Waals surface area contributed by atoms with Gasteiger partial charge in [-0.2, -0.15) is 4.98 Å². The molecule has 1 aliphatic carbocycles. The lowest BCUT2D eigenvalue weighted by Crippen LogP contribution is -2.43. The summed E-state index contributed by atoms with van der Waals surface area (Å²) >= 11 is 0. The molecule has 2 aromatic heterocycles. The normalized spacial score (nSPS) is 25.2. The van der Waals surface area contributed by atoms with E-state index < -0.39 is 39.2 Å². The third-order valence-electron chi connectivity index (χ3n) is 6.77. The van der Waals surface area contributed by atoms with E-state index in [9.17, 15) is 27.1 Å². The fourth-order valence-electron chi connectivity index (χ4n) is 4.84. The highest BCUT2D eigenvalue weighted by Gasteiger charge is 2.40. The van der Waals surface area contributed by atoms with Gasteiger partial charge in [-0.15, -0.1) is 0 Å². The van der Waals surface area contributed by atoms with Crippen LogP contribution in [-0.4, -0.2) is 62.8 Å². The highest BCUT2D eigenvalue weighted by atomic mass is 32.2. The van der Waals surface area contributed by atoms with E-state index in [1.54, 1.807) is 13.8 Å². The van der Waals surface area contributed by atoms with Crippen LogP contribution in [0.4, 0.5) is 14.7 Å². The van der Waals surface area contributed by atoms with Gasteiger partial charge in [0, 0.05) is 30.7 Å². The summed E-state index contributed by atoms with van der Waals surface area (Å²) in [7, 11) is -3.24. The molecule has 0 radical (unpaired) electrons. The third kappa shape index (κ3) is 4.60. The van der Waals surface area contributed by atoms with Crippen molar-refractivity contribution in [3.63, 3.8) is 0 Å². The number of fused-ring (bicyclic) bond motifs is 1. The number of hydrogen-bond donors (Lipinski definition) is 2. The highest BCUT2D eigenvalue weighted by molar-refractivity contribution is 7.89. The Morgan fingerprint density at radius 3 is 2.58 bits per heavy atom. The maximum atomic E-state index is 13.6. The molecule has 182 valence electrons. The molecule has 4 rings (SSSR count). The molecule has 0 aromatic carbocycles. The minimum Gasteiger partial charge on any atom is -0.388 e. The Morgan fingerprint density at radius 1 is 1.30 bits per heavy atom. The zero-order chi connectivity index (χ0) is 24.0. The molecule has 3 heterocycles. The van der Waals surface area contributed by atoms with Gasteiger partial charge in [-0.3, -0.25) is 9.36 Å². The van der Waals surface area contributed by atoms with Gasteiger partial charge in [0.1, 0.15) is 5.65 Å². The quantitative estimate of drug-likeness (QED) is 0.645. The monoisotopic (exact) mass is 485 g/mol. The summed E-state index contributed by atoms with van der Waals surface area (Å²) in [5.74, 6) is 0.289. The molecule has 2 N–H and O–H groups in total. The SMILES string of the molecule is CCS(=O)(=O)N1CCC(Nc2ncc3cc(C(F)F)c(=O)n([C@@H]4CCC[C@@]4(C)O)c3n2)CC1. The minimum absolute atomic E-state index is 0.0575. The van der Waals surface area contributed by atoms with Gasteiger partial charge in [-0.1, -0.05) is 0 Å². The number of rotatable bonds is 6. The molecule has 33 heavy (non-hydrogen) atoms. The van der Waals surface area contributed by atoms with Gasteiger partial charge in [-0.05, 0) is 52.0 Å². The van der Waals surface area contributed by atoms with E-state index in [0.29, 0.717) is 50.6 Å². The first kappa shape index (κ1) is 24.0. The van der Waals surface area contributed by atoms with Crippen LogP contribution in [0.2, 0.25) is 0 Å². The number of nitrogens with zero attached hydrogens (tertiary/aromatic N) is 4. The van der Waals surface area contributed by atoms with Crippen LogP contribution in [0.15, 0.2) is 17.1 Å². The first-order chi connectivity index (χ1) is 15.5. The molecule has 1 aliphatic heterocycles. The summed E-state index contributed by atoms with van der Waals surface area (Å²) in [5, 5.41) is 14.3. The van der Waals surface area contributed by atoms with E-state index in [1.807, 2.05) is 0 Å². The maximum absolute atomic E-state index is 13.6. The molecule has 2 fully saturated rings. The Hall–Kier alpha value is -2.18.